The number of thioether (sulfide) groups is 1. The fourth-order valence-electron chi connectivity index (χ4n) is 3.25. The number of nitrogens with two attached hydrogens (primary N) is 1. The highest BCUT2D eigenvalue weighted by Gasteiger charge is 2.16. The molecule has 0 aliphatic heterocycles. The minimum absolute atomic E-state index is 0.213. The molecule has 3 N–H and O–H groups in total. The van der Waals surface area contributed by atoms with Gasteiger partial charge in [-0.05, 0) is 54.6 Å². The second kappa shape index (κ2) is 8.59. The molecule has 0 bridgehead atoms. The van der Waals surface area contributed by atoms with Crippen molar-refractivity contribution in [2.24, 2.45) is 5.73 Å². The van der Waals surface area contributed by atoms with Gasteiger partial charge in [0.25, 0.3) is 0 Å². The molecule has 0 fully saturated rings. The van der Waals surface area contributed by atoms with Gasteiger partial charge in [-0.25, -0.2) is 9.37 Å². The molecular formula is C23H21FN4S. The van der Waals surface area contributed by atoms with Gasteiger partial charge in [-0.2, -0.15) is 0 Å². The Morgan fingerprint density at radius 2 is 1.79 bits per heavy atom. The molecule has 1 atom stereocenters. The van der Waals surface area contributed by atoms with Gasteiger partial charge in [0.2, 0.25) is 0 Å². The van der Waals surface area contributed by atoms with Gasteiger partial charge in [-0.15, -0.1) is 0 Å². The first kappa shape index (κ1) is 19.4. The number of halogens is 1. The van der Waals surface area contributed by atoms with E-state index in [0.29, 0.717) is 6.42 Å². The topological polar surface area (TPSA) is 67.6 Å². The molecule has 4 nitrogen and oxygen atoms in total. The van der Waals surface area contributed by atoms with Crippen LogP contribution < -0.4 is 5.73 Å². The zero-order valence-corrected chi connectivity index (χ0v) is 16.8. The van der Waals surface area contributed by atoms with E-state index in [-0.39, 0.29) is 11.9 Å². The number of hydrogen-bond donors (Lipinski definition) is 2. The summed E-state index contributed by atoms with van der Waals surface area (Å²) in [5.74, 6) is -0.269. The molecule has 0 saturated heterocycles. The number of benzene rings is 2. The Bertz CT molecular complexity index is 1090. The molecule has 4 rings (SSSR count). The predicted molar refractivity (Wildman–Crippen MR) is 116 cm³/mol. The monoisotopic (exact) mass is 404 g/mol. The van der Waals surface area contributed by atoms with Crippen molar-refractivity contribution < 1.29 is 4.39 Å². The maximum Gasteiger partial charge on any atom is 0.166 e. The van der Waals surface area contributed by atoms with Crippen LogP contribution in [-0.2, 0) is 6.42 Å². The summed E-state index contributed by atoms with van der Waals surface area (Å²) in [5.41, 5.74) is 11.9. The lowest BCUT2D eigenvalue weighted by Crippen LogP contribution is -2.15. The van der Waals surface area contributed by atoms with Crippen molar-refractivity contribution in [1.29, 1.82) is 0 Å². The maximum absolute atomic E-state index is 13.4. The minimum Gasteiger partial charge on any atom is -0.332 e. The van der Waals surface area contributed by atoms with E-state index in [1.807, 2.05) is 36.6 Å². The molecule has 146 valence electrons. The lowest BCUT2D eigenvalue weighted by atomic mass is 10.0. The van der Waals surface area contributed by atoms with Crippen molar-refractivity contribution in [3.8, 4) is 22.5 Å². The van der Waals surface area contributed by atoms with Crippen LogP contribution in [0, 0.1) is 5.82 Å². The van der Waals surface area contributed by atoms with E-state index in [1.54, 1.807) is 18.3 Å². The standard InChI is InChI=1S/C23H21FN4S/c1-29-23-27-21(16-7-9-18(24)10-8-16)22(28-23)17-11-12-26-20(14-17)19(25)13-15-5-3-2-4-6-15/h2-12,14,19H,13,25H2,1H3,(H,27,28). The average Bonchev–Trinajstić information content (AvgIpc) is 3.20. The van der Waals surface area contributed by atoms with Gasteiger partial charge in [0, 0.05) is 17.3 Å². The van der Waals surface area contributed by atoms with Gasteiger partial charge in [0.1, 0.15) is 5.82 Å². The van der Waals surface area contributed by atoms with Crippen LogP contribution >= 0.6 is 11.8 Å². The van der Waals surface area contributed by atoms with Crippen molar-refractivity contribution >= 4 is 11.8 Å². The van der Waals surface area contributed by atoms with E-state index in [0.717, 1.165) is 33.4 Å². The molecule has 0 spiro atoms. The van der Waals surface area contributed by atoms with E-state index >= 15 is 0 Å². The zero-order chi connectivity index (χ0) is 20.2. The molecule has 2 heterocycles. The number of hydrogen-bond acceptors (Lipinski definition) is 4. The fourth-order valence-corrected chi connectivity index (χ4v) is 3.64. The summed E-state index contributed by atoms with van der Waals surface area (Å²) < 4.78 is 13.4. The summed E-state index contributed by atoms with van der Waals surface area (Å²) in [4.78, 5) is 12.5. The first-order valence-electron chi connectivity index (χ1n) is 9.30. The van der Waals surface area contributed by atoms with E-state index in [2.05, 4.69) is 27.1 Å². The molecule has 0 aliphatic carbocycles. The van der Waals surface area contributed by atoms with Gasteiger partial charge in [-0.3, -0.25) is 4.98 Å². The smallest absolute Gasteiger partial charge is 0.166 e. The van der Waals surface area contributed by atoms with Crippen LogP contribution in [0.25, 0.3) is 22.5 Å². The highest BCUT2D eigenvalue weighted by molar-refractivity contribution is 7.98. The molecule has 2 aromatic carbocycles. The van der Waals surface area contributed by atoms with Gasteiger partial charge in [0.15, 0.2) is 5.16 Å². The summed E-state index contributed by atoms with van der Waals surface area (Å²) in [6, 6.07) is 20.2. The lowest BCUT2D eigenvalue weighted by molar-refractivity contribution is 0.628. The normalized spacial score (nSPS) is 12.1. The van der Waals surface area contributed by atoms with E-state index in [9.17, 15) is 4.39 Å². The summed E-state index contributed by atoms with van der Waals surface area (Å²) >= 11 is 1.53. The number of H-pyrrole nitrogens is 1. The third-order valence-electron chi connectivity index (χ3n) is 4.74. The quantitative estimate of drug-likeness (QED) is 0.431. The second-order valence-corrected chi connectivity index (χ2v) is 7.54. The highest BCUT2D eigenvalue weighted by Crippen LogP contribution is 2.33. The van der Waals surface area contributed by atoms with Crippen molar-refractivity contribution in [1.82, 2.24) is 15.0 Å². The minimum atomic E-state index is -0.269. The molecule has 4 aromatic rings. The molecule has 0 amide bonds. The van der Waals surface area contributed by atoms with Crippen molar-refractivity contribution in [2.75, 3.05) is 6.26 Å². The van der Waals surface area contributed by atoms with Crippen LogP contribution in [0.4, 0.5) is 4.39 Å². The molecular weight excluding hydrogens is 383 g/mol. The Labute approximate surface area is 173 Å². The average molecular weight is 405 g/mol. The van der Waals surface area contributed by atoms with Gasteiger partial charge < -0.3 is 10.7 Å². The number of nitrogens with zero attached hydrogens (tertiary/aromatic N) is 2. The number of nitrogens with one attached hydrogen (secondary N) is 1. The van der Waals surface area contributed by atoms with Crippen LogP contribution in [0.1, 0.15) is 17.3 Å². The van der Waals surface area contributed by atoms with Gasteiger partial charge in [0.05, 0.1) is 23.1 Å². The summed E-state index contributed by atoms with van der Waals surface area (Å²) in [5, 5.41) is 0.797. The summed E-state index contributed by atoms with van der Waals surface area (Å²) in [6.45, 7) is 0. The second-order valence-electron chi connectivity index (χ2n) is 6.74. The lowest BCUT2D eigenvalue weighted by Gasteiger charge is -2.12. The van der Waals surface area contributed by atoms with E-state index in [1.165, 1.54) is 29.5 Å². The van der Waals surface area contributed by atoms with Crippen LogP contribution in [0.2, 0.25) is 0 Å². The Morgan fingerprint density at radius 1 is 1.03 bits per heavy atom. The number of rotatable bonds is 6. The zero-order valence-electron chi connectivity index (χ0n) is 16.0. The van der Waals surface area contributed by atoms with Crippen LogP contribution in [0.15, 0.2) is 78.1 Å². The number of imidazole rings is 1. The molecule has 29 heavy (non-hydrogen) atoms. The van der Waals surface area contributed by atoms with E-state index < -0.39 is 0 Å². The van der Waals surface area contributed by atoms with Crippen molar-refractivity contribution in [3.05, 3.63) is 90.0 Å². The molecule has 0 saturated carbocycles. The number of aromatic amines is 1. The van der Waals surface area contributed by atoms with Crippen LogP contribution in [0.5, 0.6) is 0 Å². The molecule has 2 aromatic heterocycles. The SMILES string of the molecule is CSc1nc(-c2ccc(F)cc2)c(-c2ccnc(C(N)Cc3ccccc3)c2)[nH]1. The van der Waals surface area contributed by atoms with Gasteiger partial charge in [-0.1, -0.05) is 42.1 Å². The Kier molecular flexibility index (Phi) is 5.74. The Morgan fingerprint density at radius 3 is 2.52 bits per heavy atom. The largest absolute Gasteiger partial charge is 0.332 e. The number of aromatic nitrogens is 3. The maximum atomic E-state index is 13.4. The third kappa shape index (κ3) is 4.39. The number of pyridine rings is 1. The van der Waals surface area contributed by atoms with Crippen molar-refractivity contribution in [3.63, 3.8) is 0 Å². The third-order valence-corrected chi connectivity index (χ3v) is 5.32. The van der Waals surface area contributed by atoms with Crippen LogP contribution in [0.3, 0.4) is 0 Å². The predicted octanol–water partition coefficient (Wildman–Crippen LogP) is 5.24. The van der Waals surface area contributed by atoms with Crippen molar-refractivity contribution in [2.45, 2.75) is 17.6 Å². The Hall–Kier alpha value is -2.96. The molecule has 0 aliphatic rings. The van der Waals surface area contributed by atoms with E-state index in [4.69, 9.17) is 5.73 Å². The fraction of sp³-hybridized carbons (Fsp3) is 0.130. The highest BCUT2D eigenvalue weighted by atomic mass is 32.2. The Balaban J connectivity index is 1.69. The summed E-state index contributed by atoms with van der Waals surface area (Å²) in [6.07, 6.45) is 4.44. The molecule has 6 heteroatoms. The molecule has 0 radical (unpaired) electrons. The summed E-state index contributed by atoms with van der Waals surface area (Å²) in [7, 11) is 0. The first-order valence-corrected chi connectivity index (χ1v) is 10.5. The van der Waals surface area contributed by atoms with Gasteiger partial charge >= 0.3 is 0 Å². The molecule has 1 unspecified atom stereocenters. The van der Waals surface area contributed by atoms with Crippen LogP contribution in [-0.4, -0.2) is 21.2 Å². The first-order chi connectivity index (χ1) is 14.1.